The average molecular weight is 1450 g/mol. The van der Waals surface area contributed by atoms with Crippen molar-refractivity contribution in [1.29, 1.82) is 10.7 Å². The number of benzene rings is 3. The molecule has 546 valence electrons. The number of carbonyl (C=O) groups is 13. The first kappa shape index (κ1) is 80.1. The summed E-state index contributed by atoms with van der Waals surface area (Å²) < 4.78 is 14.6. The van der Waals surface area contributed by atoms with Crippen LogP contribution in [-0.2, 0) is 76.8 Å². The van der Waals surface area contributed by atoms with E-state index in [-0.39, 0.29) is 62.9 Å². The van der Waals surface area contributed by atoms with Gasteiger partial charge in [-0.25, -0.2) is 0 Å². The maximum Gasteiger partial charge on any atom is 0.305 e. The number of halogens is 1. The van der Waals surface area contributed by atoms with E-state index in [9.17, 15) is 67.8 Å². The summed E-state index contributed by atoms with van der Waals surface area (Å²) in [6.07, 6.45) is 0.748. The number of hydrogen-bond acceptors (Lipinski definition) is 19. The number of guanidine groups is 1. The summed E-state index contributed by atoms with van der Waals surface area (Å²) in [5.41, 5.74) is 12.7. The summed E-state index contributed by atoms with van der Waals surface area (Å²) in [5, 5.41) is 65.0. The lowest BCUT2D eigenvalue weighted by molar-refractivity contribution is -0.142. The minimum Gasteiger partial charge on any atom is -0.508 e. The van der Waals surface area contributed by atoms with Crippen LogP contribution in [0, 0.1) is 28.6 Å². The number of phenolic OH excluding ortho intramolecular Hbond substituents is 1. The van der Waals surface area contributed by atoms with E-state index in [1.807, 2.05) is 6.07 Å². The third-order valence-corrected chi connectivity index (χ3v) is 19.0. The van der Waals surface area contributed by atoms with E-state index in [1.165, 1.54) is 74.5 Å². The molecule has 18 N–H and O–H groups in total. The van der Waals surface area contributed by atoms with E-state index < -0.39 is 192 Å². The van der Waals surface area contributed by atoms with Gasteiger partial charge in [0.05, 0.1) is 25.7 Å². The highest BCUT2D eigenvalue weighted by Gasteiger charge is 2.41. The first-order valence-electron chi connectivity index (χ1n) is 32.6. The molecule has 0 bridgehead atoms. The number of nitrogens with two attached hydrogens (primary N) is 2. The van der Waals surface area contributed by atoms with Crippen LogP contribution in [0.1, 0.15) is 79.9 Å². The fourth-order valence-corrected chi connectivity index (χ4v) is 13.3. The van der Waals surface area contributed by atoms with Gasteiger partial charge in [-0.3, -0.25) is 77.1 Å². The van der Waals surface area contributed by atoms with Gasteiger partial charge in [0.25, 0.3) is 5.91 Å². The normalized spacial score (nSPS) is 21.7. The quantitative estimate of drug-likeness (QED) is 0.0162. The molecular formula is C67H84FN17O15S2. The Kier molecular flexibility index (Phi) is 31.2. The van der Waals surface area contributed by atoms with E-state index in [4.69, 9.17) is 16.9 Å². The second kappa shape index (κ2) is 39.8. The van der Waals surface area contributed by atoms with Gasteiger partial charge >= 0.3 is 5.97 Å². The van der Waals surface area contributed by atoms with E-state index in [2.05, 4.69) is 63.5 Å². The maximum absolute atomic E-state index is 15.2. The van der Waals surface area contributed by atoms with E-state index in [1.54, 1.807) is 60.7 Å². The highest BCUT2D eigenvalue weighted by atomic mass is 33.1. The zero-order valence-electron chi connectivity index (χ0n) is 56.0. The fourth-order valence-electron chi connectivity index (χ4n) is 10.8. The molecule has 3 aromatic carbocycles. The van der Waals surface area contributed by atoms with Gasteiger partial charge in [0, 0.05) is 62.0 Å². The van der Waals surface area contributed by atoms with Crippen molar-refractivity contribution >= 4 is 104 Å². The Labute approximate surface area is 594 Å². The summed E-state index contributed by atoms with van der Waals surface area (Å²) >= 11 is 0. The minimum atomic E-state index is -1.99. The van der Waals surface area contributed by atoms with Crippen LogP contribution in [0.2, 0.25) is 0 Å². The number of primary amides is 1. The van der Waals surface area contributed by atoms with Crippen LogP contribution in [0.5, 0.6) is 5.75 Å². The molecule has 102 heavy (non-hydrogen) atoms. The topological polar surface area (TPSA) is 511 Å². The number of amides is 12. The molecule has 2 saturated heterocycles. The Morgan fingerprint density at radius 1 is 0.745 bits per heavy atom. The second-order valence-corrected chi connectivity index (χ2v) is 27.1. The number of aromatic hydroxyl groups is 1. The number of nitriles is 1. The molecule has 0 spiro atoms. The van der Waals surface area contributed by atoms with Crippen molar-refractivity contribution in [3.8, 4) is 11.8 Å². The minimum absolute atomic E-state index is 0.0122. The number of rotatable bonds is 24. The number of carboxylic acid groups (broad SMARTS) is 1. The van der Waals surface area contributed by atoms with Gasteiger partial charge in [-0.05, 0) is 78.6 Å². The molecule has 1 aromatic heterocycles. The Bertz CT molecular complexity index is 3680. The van der Waals surface area contributed by atoms with Gasteiger partial charge in [0.15, 0.2) is 5.96 Å². The number of phenols is 1. The molecule has 0 radical (unpaired) electrons. The monoisotopic (exact) mass is 1450 g/mol. The lowest BCUT2D eigenvalue weighted by Gasteiger charge is -2.30. The summed E-state index contributed by atoms with van der Waals surface area (Å²) in [6, 6.07) is 9.48. The summed E-state index contributed by atoms with van der Waals surface area (Å²) in [5.74, 6) is -17.4. The van der Waals surface area contributed by atoms with Crippen molar-refractivity contribution in [2.24, 2.45) is 23.3 Å². The lowest BCUT2D eigenvalue weighted by atomic mass is 9.99. The number of nitrogens with one attached hydrogen (secondary N) is 12. The van der Waals surface area contributed by atoms with Crippen LogP contribution < -0.4 is 70.0 Å². The van der Waals surface area contributed by atoms with Gasteiger partial charge in [0.2, 0.25) is 65.0 Å². The number of aromatic nitrogens is 1. The van der Waals surface area contributed by atoms with Crippen LogP contribution in [0.25, 0.3) is 0 Å². The number of fused-ring (bicyclic) bond motifs is 1. The Hall–Kier alpha value is -10.9. The van der Waals surface area contributed by atoms with E-state index >= 15 is 14.4 Å². The number of nitrogens with zero attached hydrogens (tertiary/aromatic N) is 3. The van der Waals surface area contributed by atoms with Crippen molar-refractivity contribution in [2.75, 3.05) is 32.1 Å². The maximum atomic E-state index is 15.2. The molecule has 6 rings (SSSR count). The number of carboxylic acids is 1. The van der Waals surface area contributed by atoms with E-state index in [0.29, 0.717) is 38.3 Å². The van der Waals surface area contributed by atoms with Crippen LogP contribution in [0.15, 0.2) is 109 Å². The second-order valence-electron chi connectivity index (χ2n) is 24.5. The summed E-state index contributed by atoms with van der Waals surface area (Å²) in [6.45, 7) is 2.38. The molecule has 2 aliphatic heterocycles. The third kappa shape index (κ3) is 24.8. The molecule has 4 aromatic rings. The van der Waals surface area contributed by atoms with Crippen LogP contribution in [0.3, 0.4) is 0 Å². The van der Waals surface area contributed by atoms with Gasteiger partial charge in [-0.15, -0.1) is 0 Å². The Morgan fingerprint density at radius 3 is 2.01 bits per heavy atom. The average Bonchev–Trinajstić information content (AvgIpc) is 1.49. The zero-order chi connectivity index (χ0) is 74.6. The van der Waals surface area contributed by atoms with Crippen molar-refractivity contribution < 1.29 is 76.9 Å². The molecule has 12 amide bonds. The third-order valence-electron chi connectivity index (χ3n) is 16.4. The predicted octanol–water partition coefficient (Wildman–Crippen LogP) is -1.63. The molecule has 3 heterocycles. The number of alkyl halides is 1. The molecule has 12 atom stereocenters. The van der Waals surface area contributed by atoms with Crippen molar-refractivity contribution in [3.63, 3.8) is 0 Å². The van der Waals surface area contributed by atoms with Crippen molar-refractivity contribution in [2.45, 2.75) is 138 Å². The molecule has 35 heteroatoms. The lowest BCUT2D eigenvalue weighted by Crippen LogP contribution is -2.61. The predicted molar refractivity (Wildman–Crippen MR) is 371 cm³/mol. The van der Waals surface area contributed by atoms with Gasteiger partial charge < -0.3 is 85.1 Å². The van der Waals surface area contributed by atoms with Crippen molar-refractivity contribution in [3.05, 3.63) is 132 Å². The van der Waals surface area contributed by atoms with Crippen LogP contribution in [-0.4, -0.2) is 201 Å². The smallest absolute Gasteiger partial charge is 0.305 e. The summed E-state index contributed by atoms with van der Waals surface area (Å²) in [7, 11) is 1.18. The number of carbonyl (C=O) groups excluding carboxylic acids is 12. The van der Waals surface area contributed by atoms with Gasteiger partial charge in [0.1, 0.15) is 71.4 Å². The highest BCUT2D eigenvalue weighted by molar-refractivity contribution is 8.77. The Balaban J connectivity index is 1.48. The Morgan fingerprint density at radius 2 is 1.38 bits per heavy atom. The molecule has 0 aliphatic carbocycles. The molecule has 32 nitrogen and oxygen atoms in total. The standard InChI is InChI=1S/C67H84FN17O15S2/c1-36(2)53-64(98)75-34-51(87)85-26-12-19-49(85)63(97)79-46(27-38-13-6-4-7-14-38)60(94)84-55(66(100)77-44(56(70)90)29-40-15-10-24-73-33-40)50(32-69)102-101-35-48(62(96)76-43(18-11-25-74-67(71)72)58(92)78-47(30-52(88)89)61(95)82-53)81-59(93)45(28-39-20-22-42(86)23-21-39)80-65(99)54(37(3)31-68)83-57(91)41-16-8-5-9-17-41/h4-10,13-17,20-24,33,36-37,43-50,53-55,86H,11-12,18-19,25-31,34-35H2,1-3H3,(H2,70,90)(H,75,98)(H,76,96)(H,77,100)(H,78,92)(H,79,97)(H,80,99)(H,81,93)(H,82,95)(H,83,91)(H,84,94)(H,88,89)(H4,71,72,74)/t37?,43-,44-,45-,46-,47-,48-,49-,50?,53-,54+,55-/m0/s1. The van der Waals surface area contributed by atoms with Gasteiger partial charge in [-0.1, -0.05) is 109 Å². The van der Waals surface area contributed by atoms with E-state index in [0.717, 1.165) is 0 Å². The van der Waals surface area contributed by atoms with Gasteiger partial charge in [-0.2, -0.15) is 5.26 Å². The number of aliphatic carboxylic acids is 1. The van der Waals surface area contributed by atoms with Crippen molar-refractivity contribution in [1.82, 2.24) is 68.4 Å². The number of hydrogen-bond donors (Lipinski definition) is 16. The molecular weight excluding hydrogens is 1370 g/mol. The SMILES string of the molecule is CC(C)[C@@H]1NC(=O)[C@H](CC(=O)O)NC(=O)[C@H](CCCNC(=N)N)NC(=O)[C@@H](NC(=O)[C@H](Cc2ccc(O)cc2)NC(=O)[C@H](NC(=O)c2ccccc2)C(C)CF)CSSC(C#N)[C@@H](C(=O)N[C@@H](Cc2cccnc2)C(N)=O)NC(=O)[C@H](Cc2ccccc2)NC(=O)[C@@H]2CCCN2C(=O)CNC1=O. The molecule has 0 saturated carbocycles. The highest BCUT2D eigenvalue weighted by Crippen LogP contribution is 2.30. The van der Waals surface area contributed by atoms with Crippen LogP contribution in [0.4, 0.5) is 4.39 Å². The number of pyridine rings is 1. The first-order chi connectivity index (χ1) is 48.7. The molecule has 2 fully saturated rings. The fraction of sp³-hybridized carbons (Fsp3) is 0.433. The molecule has 2 aliphatic rings. The van der Waals surface area contributed by atoms with Crippen LogP contribution >= 0.6 is 21.6 Å². The summed E-state index contributed by atoms with van der Waals surface area (Å²) in [4.78, 5) is 190. The zero-order valence-corrected chi connectivity index (χ0v) is 57.6. The first-order valence-corrected chi connectivity index (χ1v) is 34.9. The largest absolute Gasteiger partial charge is 0.508 e. The molecule has 2 unspecified atom stereocenters.